The number of nitrogens with one attached hydrogen (secondary N) is 1. The maximum absolute atomic E-state index is 12.9. The number of carbonyl (C=O) groups is 1. The quantitative estimate of drug-likeness (QED) is 0.508. The summed E-state index contributed by atoms with van der Waals surface area (Å²) in [6, 6.07) is 14.7. The summed E-state index contributed by atoms with van der Waals surface area (Å²) in [5, 5.41) is 4.09. The van der Waals surface area contributed by atoms with Crippen molar-refractivity contribution in [2.24, 2.45) is 0 Å². The van der Waals surface area contributed by atoms with Crippen molar-refractivity contribution in [1.29, 1.82) is 0 Å². The van der Waals surface area contributed by atoms with E-state index in [1.807, 2.05) is 31.2 Å². The van der Waals surface area contributed by atoms with Crippen LogP contribution in [0.4, 0.5) is 5.69 Å². The molecule has 0 fully saturated rings. The van der Waals surface area contributed by atoms with E-state index in [1.54, 1.807) is 30.3 Å². The molecule has 24 heavy (non-hydrogen) atoms. The van der Waals surface area contributed by atoms with Crippen LogP contribution in [0.25, 0.3) is 11.0 Å². The van der Waals surface area contributed by atoms with Crippen LogP contribution < -0.4 is 10.1 Å². The molecule has 1 N–H and O–H groups in total. The lowest BCUT2D eigenvalue weighted by molar-refractivity contribution is 0.101. The van der Waals surface area contributed by atoms with Gasteiger partial charge in [0, 0.05) is 17.5 Å². The summed E-state index contributed by atoms with van der Waals surface area (Å²) < 4.78 is 11.2. The van der Waals surface area contributed by atoms with E-state index in [-0.39, 0.29) is 5.78 Å². The molecule has 3 rings (SSSR count). The van der Waals surface area contributed by atoms with Gasteiger partial charge in [-0.25, -0.2) is 0 Å². The number of carbonyl (C=O) groups excluding carboxylic acids is 1. The van der Waals surface area contributed by atoms with Crippen molar-refractivity contribution in [3.63, 3.8) is 0 Å². The third-order valence-electron chi connectivity index (χ3n) is 3.65. The molecule has 0 aliphatic heterocycles. The SMILES string of the molecule is C=CCNc1c(C(=O)c2ccc(OCC)cc2)oc2ccccc12. The zero-order chi connectivity index (χ0) is 16.9. The molecular formula is C20H19NO3. The average molecular weight is 321 g/mol. The Morgan fingerprint density at radius 1 is 1.21 bits per heavy atom. The second-order valence-electron chi connectivity index (χ2n) is 5.26. The van der Waals surface area contributed by atoms with Crippen molar-refractivity contribution in [3.05, 3.63) is 72.5 Å². The van der Waals surface area contributed by atoms with Crippen LogP contribution in [-0.2, 0) is 0 Å². The van der Waals surface area contributed by atoms with Crippen molar-refractivity contribution in [2.75, 3.05) is 18.5 Å². The molecular weight excluding hydrogens is 302 g/mol. The number of benzene rings is 2. The molecule has 4 heteroatoms. The predicted octanol–water partition coefficient (Wildman–Crippen LogP) is 4.66. The van der Waals surface area contributed by atoms with Crippen LogP contribution in [0.3, 0.4) is 0 Å². The zero-order valence-corrected chi connectivity index (χ0v) is 13.5. The van der Waals surface area contributed by atoms with Gasteiger partial charge in [-0.15, -0.1) is 6.58 Å². The molecule has 122 valence electrons. The predicted molar refractivity (Wildman–Crippen MR) is 95.9 cm³/mol. The number of ketones is 1. The Balaban J connectivity index is 2.00. The van der Waals surface area contributed by atoms with Gasteiger partial charge in [-0.2, -0.15) is 0 Å². The first kappa shape index (κ1) is 15.9. The molecule has 0 aliphatic carbocycles. The second kappa shape index (κ2) is 7.04. The van der Waals surface area contributed by atoms with Crippen molar-refractivity contribution in [1.82, 2.24) is 0 Å². The molecule has 0 aliphatic rings. The Kier molecular flexibility index (Phi) is 4.66. The van der Waals surface area contributed by atoms with Crippen LogP contribution in [0.15, 0.2) is 65.6 Å². The average Bonchev–Trinajstić information content (AvgIpc) is 2.99. The lowest BCUT2D eigenvalue weighted by atomic mass is 10.1. The Labute approximate surface area is 140 Å². The van der Waals surface area contributed by atoms with Gasteiger partial charge in [-0.05, 0) is 43.3 Å². The molecule has 2 aromatic carbocycles. The number of rotatable bonds is 7. The molecule has 0 bridgehead atoms. The molecule has 0 radical (unpaired) electrons. The summed E-state index contributed by atoms with van der Waals surface area (Å²) in [6.07, 6.45) is 1.74. The van der Waals surface area contributed by atoms with Crippen LogP contribution in [0.1, 0.15) is 23.0 Å². The lowest BCUT2D eigenvalue weighted by Crippen LogP contribution is -2.06. The summed E-state index contributed by atoms with van der Waals surface area (Å²) in [6.45, 7) is 6.77. The monoisotopic (exact) mass is 321 g/mol. The highest BCUT2D eigenvalue weighted by Crippen LogP contribution is 2.32. The molecule has 1 aromatic heterocycles. The third kappa shape index (κ3) is 3.04. The highest BCUT2D eigenvalue weighted by atomic mass is 16.5. The van der Waals surface area contributed by atoms with Crippen molar-refractivity contribution >= 4 is 22.4 Å². The number of ether oxygens (including phenoxy) is 1. The Morgan fingerprint density at radius 2 is 1.96 bits per heavy atom. The molecule has 0 saturated carbocycles. The van der Waals surface area contributed by atoms with Gasteiger partial charge in [0.25, 0.3) is 0 Å². The first-order valence-electron chi connectivity index (χ1n) is 7.88. The van der Waals surface area contributed by atoms with Gasteiger partial charge in [-0.1, -0.05) is 18.2 Å². The highest BCUT2D eigenvalue weighted by molar-refractivity contribution is 6.14. The fraction of sp³-hybridized carbons (Fsp3) is 0.150. The standard InChI is InChI=1S/C20H19NO3/c1-3-13-21-18-16-7-5-6-8-17(16)24-20(18)19(22)14-9-11-15(12-10-14)23-4-2/h3,5-12,21H,1,4,13H2,2H3. The van der Waals surface area contributed by atoms with Crippen LogP contribution in [0, 0.1) is 0 Å². The number of furan rings is 1. The van der Waals surface area contributed by atoms with E-state index in [1.165, 1.54) is 0 Å². The number of fused-ring (bicyclic) bond motifs is 1. The Morgan fingerprint density at radius 3 is 2.67 bits per heavy atom. The molecule has 0 saturated heterocycles. The first-order chi connectivity index (χ1) is 11.7. The molecule has 0 unspecified atom stereocenters. The van der Waals surface area contributed by atoms with Gasteiger partial charge in [-0.3, -0.25) is 4.79 Å². The minimum absolute atomic E-state index is 0.166. The Hall–Kier alpha value is -3.01. The summed E-state index contributed by atoms with van der Waals surface area (Å²) in [7, 11) is 0. The van der Waals surface area contributed by atoms with Gasteiger partial charge >= 0.3 is 0 Å². The van der Waals surface area contributed by atoms with Gasteiger partial charge in [0.1, 0.15) is 11.3 Å². The number of para-hydroxylation sites is 1. The number of hydrogen-bond acceptors (Lipinski definition) is 4. The van der Waals surface area contributed by atoms with E-state index in [4.69, 9.17) is 9.15 Å². The third-order valence-corrected chi connectivity index (χ3v) is 3.65. The normalized spacial score (nSPS) is 10.5. The summed E-state index contributed by atoms with van der Waals surface area (Å²) in [5.74, 6) is 0.881. The highest BCUT2D eigenvalue weighted by Gasteiger charge is 2.21. The van der Waals surface area contributed by atoms with Crippen LogP contribution in [0.5, 0.6) is 5.75 Å². The summed E-state index contributed by atoms with van der Waals surface area (Å²) >= 11 is 0. The van der Waals surface area contributed by atoms with E-state index in [2.05, 4.69) is 11.9 Å². The minimum Gasteiger partial charge on any atom is -0.494 e. The molecule has 0 spiro atoms. The summed E-state index contributed by atoms with van der Waals surface area (Å²) in [4.78, 5) is 12.9. The van der Waals surface area contributed by atoms with E-state index >= 15 is 0 Å². The van der Waals surface area contributed by atoms with Crippen molar-refractivity contribution in [2.45, 2.75) is 6.92 Å². The van der Waals surface area contributed by atoms with E-state index in [9.17, 15) is 4.79 Å². The minimum atomic E-state index is -0.166. The van der Waals surface area contributed by atoms with Crippen LogP contribution >= 0.6 is 0 Å². The molecule has 4 nitrogen and oxygen atoms in total. The fourth-order valence-electron chi connectivity index (χ4n) is 2.56. The maximum atomic E-state index is 12.9. The largest absolute Gasteiger partial charge is 0.494 e. The van der Waals surface area contributed by atoms with Crippen molar-refractivity contribution in [3.8, 4) is 5.75 Å². The number of hydrogen-bond donors (Lipinski definition) is 1. The van der Waals surface area contributed by atoms with Crippen LogP contribution in [0.2, 0.25) is 0 Å². The van der Waals surface area contributed by atoms with Gasteiger partial charge in [0.05, 0.1) is 12.3 Å². The zero-order valence-electron chi connectivity index (χ0n) is 13.5. The summed E-state index contributed by atoms with van der Waals surface area (Å²) in [5.41, 5.74) is 1.93. The van der Waals surface area contributed by atoms with E-state index in [0.717, 1.165) is 11.1 Å². The number of anilines is 1. The smallest absolute Gasteiger partial charge is 0.230 e. The van der Waals surface area contributed by atoms with Crippen LogP contribution in [-0.4, -0.2) is 18.9 Å². The second-order valence-corrected chi connectivity index (χ2v) is 5.26. The fourth-order valence-corrected chi connectivity index (χ4v) is 2.56. The maximum Gasteiger partial charge on any atom is 0.230 e. The molecule has 0 atom stereocenters. The first-order valence-corrected chi connectivity index (χ1v) is 7.88. The Bertz CT molecular complexity index is 862. The topological polar surface area (TPSA) is 51.5 Å². The molecule has 3 aromatic rings. The van der Waals surface area contributed by atoms with Gasteiger partial charge in [0.15, 0.2) is 5.76 Å². The molecule has 0 amide bonds. The van der Waals surface area contributed by atoms with E-state index in [0.29, 0.717) is 35.7 Å². The van der Waals surface area contributed by atoms with Gasteiger partial charge < -0.3 is 14.5 Å². The molecule has 1 heterocycles. The van der Waals surface area contributed by atoms with E-state index < -0.39 is 0 Å². The van der Waals surface area contributed by atoms with Crippen molar-refractivity contribution < 1.29 is 13.9 Å². The van der Waals surface area contributed by atoms with Gasteiger partial charge in [0.2, 0.25) is 5.78 Å². The lowest BCUT2D eigenvalue weighted by Gasteiger charge is -2.06.